The van der Waals surface area contributed by atoms with Gasteiger partial charge in [-0.1, -0.05) is 166 Å². The minimum atomic E-state index is -0.215. The highest BCUT2D eigenvalue weighted by atomic mass is 16.5. The van der Waals surface area contributed by atoms with Crippen molar-refractivity contribution in [2.75, 3.05) is 16.5 Å². The zero-order chi connectivity index (χ0) is 46.9. The smallest absolute Gasteiger partial charge is 0.137 e. The molecule has 67 heavy (non-hydrogen) atoms. The van der Waals surface area contributed by atoms with Gasteiger partial charge in [0, 0.05) is 51.3 Å². The summed E-state index contributed by atoms with van der Waals surface area (Å²) in [6, 6.07) is 63.9. The first-order valence-corrected chi connectivity index (χ1v) is 23.7. The lowest BCUT2D eigenvalue weighted by Gasteiger charge is -2.32. The Morgan fingerprint density at radius 3 is 1.55 bits per heavy atom. The third-order valence-corrected chi connectivity index (χ3v) is 14.2. The first kappa shape index (κ1) is 43.8. The van der Waals surface area contributed by atoms with Crippen molar-refractivity contribution < 1.29 is 4.74 Å². The maximum absolute atomic E-state index is 7.02. The molecule has 0 spiro atoms. The van der Waals surface area contributed by atoms with E-state index >= 15 is 0 Å². The van der Waals surface area contributed by atoms with Crippen molar-refractivity contribution in [3.63, 3.8) is 0 Å². The van der Waals surface area contributed by atoms with Gasteiger partial charge in [-0.3, -0.25) is 4.57 Å². The molecule has 2 aromatic heterocycles. The Morgan fingerprint density at radius 1 is 0.403 bits per heavy atom. The fourth-order valence-corrected chi connectivity index (χ4v) is 9.82. The van der Waals surface area contributed by atoms with E-state index in [9.17, 15) is 0 Å². The summed E-state index contributed by atoms with van der Waals surface area (Å²) in [5.74, 6) is 2.44. The minimum absolute atomic E-state index is 0.0407. The van der Waals surface area contributed by atoms with Gasteiger partial charge < -0.3 is 14.5 Å². The summed E-state index contributed by atoms with van der Waals surface area (Å²) in [6.07, 6.45) is 1.94. The van der Waals surface area contributed by atoms with E-state index in [0.717, 1.165) is 39.4 Å². The third kappa shape index (κ3) is 8.05. The van der Waals surface area contributed by atoms with Gasteiger partial charge in [-0.05, 0) is 111 Å². The van der Waals surface area contributed by atoms with E-state index in [1.54, 1.807) is 0 Å². The van der Waals surface area contributed by atoms with Gasteiger partial charge >= 0.3 is 0 Å². The third-order valence-electron chi connectivity index (χ3n) is 14.2. The Labute approximate surface area is 397 Å². The van der Waals surface area contributed by atoms with E-state index in [1.165, 1.54) is 55.8 Å². The molecule has 0 bridgehead atoms. The van der Waals surface area contributed by atoms with Crippen LogP contribution in [0.4, 0.5) is 22.7 Å². The molecule has 5 heteroatoms. The second-order valence-electron chi connectivity index (χ2n) is 21.5. The molecule has 336 valence electrons. The Kier molecular flexibility index (Phi) is 10.7. The highest BCUT2D eigenvalue weighted by Crippen LogP contribution is 2.48. The monoisotopic (exact) mass is 878 g/mol. The largest absolute Gasteiger partial charge is 0.457 e. The number of rotatable bonds is 9. The molecule has 7 aromatic carbocycles. The van der Waals surface area contributed by atoms with Crippen molar-refractivity contribution in [1.82, 2.24) is 9.55 Å². The average Bonchev–Trinajstić information content (AvgIpc) is 3.88. The summed E-state index contributed by atoms with van der Waals surface area (Å²) >= 11 is 0. The molecule has 0 saturated carbocycles. The lowest BCUT2D eigenvalue weighted by molar-refractivity contribution is 0.479. The van der Waals surface area contributed by atoms with Crippen LogP contribution in [0.5, 0.6) is 11.5 Å². The van der Waals surface area contributed by atoms with E-state index in [1.807, 2.05) is 6.20 Å². The van der Waals surface area contributed by atoms with Crippen LogP contribution in [0, 0.1) is 0 Å². The van der Waals surface area contributed by atoms with Gasteiger partial charge in [-0.15, -0.1) is 0 Å². The van der Waals surface area contributed by atoms with Crippen molar-refractivity contribution in [3.8, 4) is 17.3 Å². The number of nitrogens with zero attached hydrogens (tertiary/aromatic N) is 4. The maximum Gasteiger partial charge on any atom is 0.137 e. The van der Waals surface area contributed by atoms with Gasteiger partial charge in [0.05, 0.1) is 22.4 Å². The summed E-state index contributed by atoms with van der Waals surface area (Å²) in [7, 11) is 0. The van der Waals surface area contributed by atoms with Gasteiger partial charge in [0.1, 0.15) is 24.0 Å². The van der Waals surface area contributed by atoms with E-state index < -0.39 is 0 Å². The lowest BCUT2D eigenvalue weighted by Crippen LogP contribution is -2.26. The molecule has 5 nitrogen and oxygen atoms in total. The Morgan fingerprint density at radius 2 is 0.925 bits per heavy atom. The molecule has 1 aliphatic heterocycles. The minimum Gasteiger partial charge on any atom is -0.457 e. The number of anilines is 4. The molecule has 0 atom stereocenters. The molecule has 9 aromatic rings. The van der Waals surface area contributed by atoms with E-state index in [4.69, 9.17) is 9.72 Å². The molecule has 0 saturated heterocycles. The van der Waals surface area contributed by atoms with Crippen LogP contribution in [0.2, 0.25) is 0 Å². The van der Waals surface area contributed by atoms with Gasteiger partial charge in [-0.25, -0.2) is 4.98 Å². The van der Waals surface area contributed by atoms with Crippen molar-refractivity contribution >= 4 is 44.6 Å². The van der Waals surface area contributed by atoms with Crippen LogP contribution in [-0.4, -0.2) is 16.2 Å². The molecule has 1 aliphatic rings. The molecule has 0 radical (unpaired) electrons. The summed E-state index contributed by atoms with van der Waals surface area (Å²) in [6.45, 7) is 23.7. The predicted octanol–water partition coefficient (Wildman–Crippen LogP) is 16.5. The number of pyridine rings is 1. The van der Waals surface area contributed by atoms with E-state index in [2.05, 4.69) is 260 Å². The van der Waals surface area contributed by atoms with Gasteiger partial charge in [0.2, 0.25) is 0 Å². The molecular formula is C62H62N4O. The molecule has 0 amide bonds. The normalized spacial score (nSPS) is 13.4. The molecule has 3 heterocycles. The quantitative estimate of drug-likeness (QED) is 0.145. The van der Waals surface area contributed by atoms with Crippen LogP contribution < -0.4 is 14.5 Å². The predicted molar refractivity (Wildman–Crippen MR) is 282 cm³/mol. The summed E-state index contributed by atoms with van der Waals surface area (Å²) in [4.78, 5) is 9.93. The Hall–Kier alpha value is -7.11. The highest BCUT2D eigenvalue weighted by molar-refractivity contribution is 6.09. The zero-order valence-corrected chi connectivity index (χ0v) is 40.7. The van der Waals surface area contributed by atoms with Gasteiger partial charge in [-0.2, -0.15) is 0 Å². The topological polar surface area (TPSA) is 33.5 Å². The number of aromatic nitrogens is 2. The highest BCUT2D eigenvalue weighted by Gasteiger charge is 2.33. The van der Waals surface area contributed by atoms with Crippen molar-refractivity contribution in [2.45, 2.75) is 90.9 Å². The second-order valence-corrected chi connectivity index (χ2v) is 21.5. The number of benzene rings is 7. The van der Waals surface area contributed by atoms with Gasteiger partial charge in [0.25, 0.3) is 0 Å². The van der Waals surface area contributed by atoms with Crippen LogP contribution in [0.3, 0.4) is 0 Å². The first-order valence-electron chi connectivity index (χ1n) is 23.7. The number of ether oxygens (including phenoxy) is 1. The SMILES string of the molecule is CC(C)(C)c1cc(Oc2ccc3c4ccccc4n(-c4cc(C(C)(C)c5ccccc5)ccn4)c3c2)cc(N2CN(c3cc(C(C)(C)C)cc(C(C)(C)c4ccccc4)c3)c3ccccc32)c1. The van der Waals surface area contributed by atoms with Crippen molar-refractivity contribution in [1.29, 1.82) is 0 Å². The summed E-state index contributed by atoms with van der Waals surface area (Å²) < 4.78 is 9.31. The average molecular weight is 879 g/mol. The molecule has 0 unspecified atom stereocenters. The van der Waals surface area contributed by atoms with E-state index in [0.29, 0.717) is 6.67 Å². The van der Waals surface area contributed by atoms with E-state index in [-0.39, 0.29) is 21.7 Å². The number of fused-ring (bicyclic) bond motifs is 4. The fraction of sp³-hybridized carbons (Fsp3) is 0.242. The van der Waals surface area contributed by atoms with Crippen LogP contribution in [0.1, 0.15) is 103 Å². The second kappa shape index (κ2) is 16.3. The van der Waals surface area contributed by atoms with Crippen LogP contribution in [-0.2, 0) is 21.7 Å². The van der Waals surface area contributed by atoms with Crippen molar-refractivity contribution in [3.05, 3.63) is 216 Å². The standard InChI is InChI=1S/C62H62N4O/c1-59(2,3)45-33-47(62(9,10)43-23-15-12-16-24-43)36-48(34-45)64-41-65(56-28-20-19-27-55(56)64)49-35-46(60(4,5)6)37-51(39-49)67-50-29-30-53-52-25-17-18-26-54(52)66(57(53)40-50)58-38-44(31-32-63-58)61(7,8)42-21-13-11-14-22-42/h11-40H,41H2,1-10H3. The number of hydrogen-bond acceptors (Lipinski definition) is 4. The Balaban J connectivity index is 1.05. The van der Waals surface area contributed by atoms with Crippen LogP contribution >= 0.6 is 0 Å². The fourth-order valence-electron chi connectivity index (χ4n) is 9.82. The summed E-state index contributed by atoms with van der Waals surface area (Å²) in [5.41, 5.74) is 13.8. The Bertz CT molecular complexity index is 3280. The molecule has 0 N–H and O–H groups in total. The molecule has 10 rings (SSSR count). The number of hydrogen-bond donors (Lipinski definition) is 0. The van der Waals surface area contributed by atoms with Crippen LogP contribution in [0.25, 0.3) is 27.6 Å². The zero-order valence-electron chi connectivity index (χ0n) is 40.7. The van der Waals surface area contributed by atoms with Crippen LogP contribution in [0.15, 0.2) is 182 Å². The molecular weight excluding hydrogens is 817 g/mol. The van der Waals surface area contributed by atoms with Gasteiger partial charge in [0.15, 0.2) is 0 Å². The number of para-hydroxylation sites is 3. The first-order chi connectivity index (χ1) is 32.0. The lowest BCUT2D eigenvalue weighted by atomic mass is 9.75. The molecule has 0 fully saturated rings. The summed E-state index contributed by atoms with van der Waals surface area (Å²) in [5, 5.41) is 2.33. The van der Waals surface area contributed by atoms with Crippen molar-refractivity contribution in [2.24, 2.45) is 0 Å². The maximum atomic E-state index is 7.02. The molecule has 0 aliphatic carbocycles.